The normalized spacial score (nSPS) is 18.9. The second-order valence-electron chi connectivity index (χ2n) is 5.61. The molecular formula is C15H23N3O3. The number of nitrogens with zero attached hydrogens (tertiary/aromatic N) is 2. The predicted molar refractivity (Wildman–Crippen MR) is 82.3 cm³/mol. The average Bonchev–Trinajstić information content (AvgIpc) is 2.93. The highest BCUT2D eigenvalue weighted by Gasteiger charge is 2.22. The number of benzene rings is 1. The molecule has 1 aliphatic heterocycles. The third-order valence-electron chi connectivity index (χ3n) is 3.86. The molecule has 1 atom stereocenters. The van der Waals surface area contributed by atoms with E-state index in [0.717, 1.165) is 38.0 Å². The van der Waals surface area contributed by atoms with Gasteiger partial charge in [-0.3, -0.25) is 15.0 Å². The van der Waals surface area contributed by atoms with Crippen molar-refractivity contribution in [3.8, 4) is 0 Å². The van der Waals surface area contributed by atoms with Gasteiger partial charge >= 0.3 is 0 Å². The SMILES string of the molecule is CCCNc1ccc(CN2CCC(CO)C2)cc1[N+](=O)[O-]. The van der Waals surface area contributed by atoms with Gasteiger partial charge in [0.2, 0.25) is 0 Å². The molecule has 0 spiro atoms. The molecule has 1 saturated heterocycles. The largest absolute Gasteiger partial charge is 0.396 e. The van der Waals surface area contributed by atoms with Crippen molar-refractivity contribution in [3.63, 3.8) is 0 Å². The van der Waals surface area contributed by atoms with E-state index in [1.807, 2.05) is 13.0 Å². The number of aliphatic hydroxyl groups excluding tert-OH is 1. The van der Waals surface area contributed by atoms with E-state index >= 15 is 0 Å². The summed E-state index contributed by atoms with van der Waals surface area (Å²) in [6.07, 6.45) is 1.92. The standard InChI is InChI=1S/C15H23N3O3/c1-2-6-16-14-4-3-12(8-15(14)18(20)21)9-17-7-5-13(10-17)11-19/h3-4,8,13,16,19H,2,5-7,9-11H2,1H3. The summed E-state index contributed by atoms with van der Waals surface area (Å²) < 4.78 is 0. The van der Waals surface area contributed by atoms with Crippen molar-refractivity contribution in [2.75, 3.05) is 31.6 Å². The summed E-state index contributed by atoms with van der Waals surface area (Å²) in [5.74, 6) is 0.338. The third-order valence-corrected chi connectivity index (χ3v) is 3.86. The van der Waals surface area contributed by atoms with Crippen LogP contribution in [0.4, 0.5) is 11.4 Å². The van der Waals surface area contributed by atoms with E-state index in [-0.39, 0.29) is 17.2 Å². The number of likely N-dealkylation sites (tertiary alicyclic amines) is 1. The Morgan fingerprint density at radius 3 is 2.95 bits per heavy atom. The number of nitro benzene ring substituents is 1. The van der Waals surface area contributed by atoms with Crippen LogP contribution in [0.5, 0.6) is 0 Å². The zero-order chi connectivity index (χ0) is 15.2. The van der Waals surface area contributed by atoms with Gasteiger partial charge in [0, 0.05) is 32.3 Å². The Hall–Kier alpha value is -1.66. The minimum absolute atomic E-state index is 0.138. The van der Waals surface area contributed by atoms with E-state index < -0.39 is 0 Å². The molecule has 6 heteroatoms. The Morgan fingerprint density at radius 1 is 1.52 bits per heavy atom. The maximum absolute atomic E-state index is 11.2. The van der Waals surface area contributed by atoms with Gasteiger partial charge in [-0.15, -0.1) is 0 Å². The zero-order valence-corrected chi connectivity index (χ0v) is 12.4. The number of nitro groups is 1. The van der Waals surface area contributed by atoms with Gasteiger partial charge in [0.15, 0.2) is 0 Å². The Labute approximate surface area is 124 Å². The number of hydrogen-bond acceptors (Lipinski definition) is 5. The maximum atomic E-state index is 11.2. The molecule has 2 rings (SSSR count). The van der Waals surface area contributed by atoms with Crippen molar-refractivity contribution < 1.29 is 10.0 Å². The van der Waals surface area contributed by atoms with Crippen molar-refractivity contribution >= 4 is 11.4 Å². The Bertz CT molecular complexity index is 493. The van der Waals surface area contributed by atoms with Gasteiger partial charge in [0.05, 0.1) is 4.92 Å². The van der Waals surface area contributed by atoms with Crippen LogP contribution in [0, 0.1) is 16.0 Å². The first kappa shape index (κ1) is 15.7. The summed E-state index contributed by atoms with van der Waals surface area (Å²) in [4.78, 5) is 13.1. The first-order valence-corrected chi connectivity index (χ1v) is 7.48. The molecule has 1 aromatic carbocycles. The number of nitrogens with one attached hydrogen (secondary N) is 1. The number of rotatable bonds is 7. The molecule has 1 fully saturated rings. The second kappa shape index (κ2) is 7.38. The first-order valence-electron chi connectivity index (χ1n) is 7.48. The van der Waals surface area contributed by atoms with Gasteiger partial charge in [0.1, 0.15) is 5.69 Å². The number of anilines is 1. The van der Waals surface area contributed by atoms with Crippen LogP contribution in [-0.2, 0) is 6.54 Å². The quantitative estimate of drug-likeness (QED) is 0.595. The van der Waals surface area contributed by atoms with Crippen LogP contribution in [0.15, 0.2) is 18.2 Å². The third kappa shape index (κ3) is 4.15. The summed E-state index contributed by atoms with van der Waals surface area (Å²) in [6.45, 7) is 5.47. The molecular weight excluding hydrogens is 270 g/mol. The lowest BCUT2D eigenvalue weighted by molar-refractivity contribution is -0.384. The monoisotopic (exact) mass is 293 g/mol. The highest BCUT2D eigenvalue weighted by Crippen LogP contribution is 2.27. The minimum atomic E-state index is -0.331. The smallest absolute Gasteiger partial charge is 0.292 e. The van der Waals surface area contributed by atoms with Crippen molar-refractivity contribution in [1.29, 1.82) is 0 Å². The Kier molecular flexibility index (Phi) is 5.52. The van der Waals surface area contributed by atoms with Crippen LogP contribution < -0.4 is 5.32 Å². The number of aliphatic hydroxyl groups is 1. The molecule has 1 unspecified atom stereocenters. The Morgan fingerprint density at radius 2 is 2.33 bits per heavy atom. The average molecular weight is 293 g/mol. The molecule has 6 nitrogen and oxygen atoms in total. The summed E-state index contributed by atoms with van der Waals surface area (Å²) >= 11 is 0. The molecule has 1 heterocycles. The second-order valence-corrected chi connectivity index (χ2v) is 5.61. The van der Waals surface area contributed by atoms with E-state index in [1.165, 1.54) is 0 Å². The van der Waals surface area contributed by atoms with E-state index in [9.17, 15) is 10.1 Å². The van der Waals surface area contributed by atoms with Gasteiger partial charge in [-0.25, -0.2) is 0 Å². The Balaban J connectivity index is 2.07. The van der Waals surface area contributed by atoms with Crippen LogP contribution in [0.25, 0.3) is 0 Å². The van der Waals surface area contributed by atoms with Crippen LogP contribution in [0.3, 0.4) is 0 Å². The lowest BCUT2D eigenvalue weighted by Crippen LogP contribution is -2.21. The van der Waals surface area contributed by atoms with Crippen molar-refractivity contribution in [3.05, 3.63) is 33.9 Å². The lowest BCUT2D eigenvalue weighted by Gasteiger charge is -2.16. The molecule has 0 radical (unpaired) electrons. The number of hydrogen-bond donors (Lipinski definition) is 2. The van der Waals surface area contributed by atoms with Crippen LogP contribution in [0.2, 0.25) is 0 Å². The predicted octanol–water partition coefficient (Wildman–Crippen LogP) is 2.23. The molecule has 2 N–H and O–H groups in total. The van der Waals surface area contributed by atoms with E-state index in [0.29, 0.717) is 18.2 Å². The summed E-state index contributed by atoms with van der Waals surface area (Å²) in [5.41, 5.74) is 1.67. The van der Waals surface area contributed by atoms with Gasteiger partial charge in [-0.2, -0.15) is 0 Å². The maximum Gasteiger partial charge on any atom is 0.292 e. The van der Waals surface area contributed by atoms with E-state index in [2.05, 4.69) is 10.2 Å². The fourth-order valence-corrected chi connectivity index (χ4v) is 2.70. The van der Waals surface area contributed by atoms with Gasteiger partial charge in [-0.1, -0.05) is 13.0 Å². The molecule has 1 aromatic rings. The molecule has 0 bridgehead atoms. The van der Waals surface area contributed by atoms with Crippen molar-refractivity contribution in [2.45, 2.75) is 26.3 Å². The van der Waals surface area contributed by atoms with E-state index in [4.69, 9.17) is 5.11 Å². The highest BCUT2D eigenvalue weighted by molar-refractivity contribution is 5.62. The fourth-order valence-electron chi connectivity index (χ4n) is 2.70. The highest BCUT2D eigenvalue weighted by atomic mass is 16.6. The zero-order valence-electron chi connectivity index (χ0n) is 12.4. The summed E-state index contributed by atoms with van der Waals surface area (Å²) in [7, 11) is 0. The molecule has 0 aliphatic carbocycles. The summed E-state index contributed by atoms with van der Waals surface area (Å²) in [5, 5.41) is 23.4. The van der Waals surface area contributed by atoms with Crippen molar-refractivity contribution in [1.82, 2.24) is 4.90 Å². The fraction of sp³-hybridized carbons (Fsp3) is 0.600. The van der Waals surface area contributed by atoms with E-state index in [1.54, 1.807) is 12.1 Å². The van der Waals surface area contributed by atoms with Crippen LogP contribution in [-0.4, -0.2) is 41.2 Å². The molecule has 0 saturated carbocycles. The van der Waals surface area contributed by atoms with Gasteiger partial charge < -0.3 is 10.4 Å². The van der Waals surface area contributed by atoms with Gasteiger partial charge in [-0.05, 0) is 36.9 Å². The molecule has 0 amide bonds. The molecule has 21 heavy (non-hydrogen) atoms. The molecule has 1 aliphatic rings. The summed E-state index contributed by atoms with van der Waals surface area (Å²) in [6, 6.07) is 5.39. The van der Waals surface area contributed by atoms with Gasteiger partial charge in [0.25, 0.3) is 5.69 Å². The molecule has 116 valence electrons. The topological polar surface area (TPSA) is 78.6 Å². The van der Waals surface area contributed by atoms with Crippen molar-refractivity contribution in [2.24, 2.45) is 5.92 Å². The lowest BCUT2D eigenvalue weighted by atomic mass is 10.1. The van der Waals surface area contributed by atoms with Crippen LogP contribution >= 0.6 is 0 Å². The van der Waals surface area contributed by atoms with Crippen LogP contribution in [0.1, 0.15) is 25.3 Å². The molecule has 0 aromatic heterocycles. The minimum Gasteiger partial charge on any atom is -0.396 e. The first-order chi connectivity index (χ1) is 10.1.